The van der Waals surface area contributed by atoms with E-state index < -0.39 is 12.1 Å². The van der Waals surface area contributed by atoms with E-state index in [0.29, 0.717) is 19.5 Å². The van der Waals surface area contributed by atoms with Gasteiger partial charge in [0.25, 0.3) is 0 Å². The van der Waals surface area contributed by atoms with E-state index in [9.17, 15) is 9.59 Å². The summed E-state index contributed by atoms with van der Waals surface area (Å²) in [5.41, 5.74) is 6.57. The quantitative estimate of drug-likeness (QED) is 0.858. The highest BCUT2D eigenvalue weighted by Crippen LogP contribution is 2.15. The van der Waals surface area contributed by atoms with Gasteiger partial charge in [-0.05, 0) is 18.9 Å². The number of rotatable bonds is 4. The van der Waals surface area contributed by atoms with Crippen LogP contribution < -0.4 is 11.1 Å². The molecule has 1 aliphatic rings. The predicted octanol–water partition coefficient (Wildman–Crippen LogP) is 0.673. The predicted molar refractivity (Wildman–Crippen MR) is 79.3 cm³/mol. The summed E-state index contributed by atoms with van der Waals surface area (Å²) < 4.78 is 0. The van der Waals surface area contributed by atoms with E-state index in [1.165, 1.54) is 0 Å². The van der Waals surface area contributed by atoms with Gasteiger partial charge in [0.1, 0.15) is 6.04 Å². The van der Waals surface area contributed by atoms with Gasteiger partial charge in [-0.15, -0.1) is 12.4 Å². The van der Waals surface area contributed by atoms with Crippen molar-refractivity contribution in [2.24, 2.45) is 5.73 Å². The van der Waals surface area contributed by atoms with Crippen LogP contribution in [0.25, 0.3) is 0 Å². The van der Waals surface area contributed by atoms with E-state index >= 15 is 0 Å². The number of likely N-dealkylation sites (tertiary alicyclic amines) is 1. The molecule has 2 rings (SSSR count). The monoisotopic (exact) mass is 297 g/mol. The Labute approximate surface area is 124 Å². The van der Waals surface area contributed by atoms with E-state index in [-0.39, 0.29) is 24.2 Å². The molecule has 20 heavy (non-hydrogen) atoms. The molecular formula is C14H20ClN3O2. The molecule has 0 radical (unpaired) electrons. The summed E-state index contributed by atoms with van der Waals surface area (Å²) in [6, 6.07) is 8.80. The molecule has 1 aromatic carbocycles. The molecule has 6 heteroatoms. The summed E-state index contributed by atoms with van der Waals surface area (Å²) in [5.74, 6) is -0.308. The lowest BCUT2D eigenvalue weighted by Gasteiger charge is -2.17. The molecule has 3 N–H and O–H groups in total. The fraction of sp³-hybridized carbons (Fsp3) is 0.429. The van der Waals surface area contributed by atoms with E-state index in [1.807, 2.05) is 30.3 Å². The van der Waals surface area contributed by atoms with Gasteiger partial charge in [0.05, 0.1) is 6.04 Å². The van der Waals surface area contributed by atoms with Gasteiger partial charge in [0.15, 0.2) is 0 Å². The molecule has 110 valence electrons. The molecule has 1 aromatic rings. The lowest BCUT2D eigenvalue weighted by Crippen LogP contribution is -2.47. The lowest BCUT2D eigenvalue weighted by atomic mass is 10.2. The first-order valence-electron chi connectivity index (χ1n) is 6.46. The Morgan fingerprint density at radius 1 is 1.45 bits per heavy atom. The SMILES string of the molecule is C[C@@H](N)C(=O)NC1CCN(Cc2ccccc2)C1=O.Cl. The zero-order valence-corrected chi connectivity index (χ0v) is 12.2. The van der Waals surface area contributed by atoms with Crippen LogP contribution in [0.15, 0.2) is 30.3 Å². The van der Waals surface area contributed by atoms with Crippen LogP contribution in [0, 0.1) is 0 Å². The summed E-state index contributed by atoms with van der Waals surface area (Å²) >= 11 is 0. The number of carbonyl (C=O) groups is 2. The van der Waals surface area contributed by atoms with Gasteiger partial charge in [-0.3, -0.25) is 9.59 Å². The topological polar surface area (TPSA) is 75.4 Å². The number of hydrogen-bond donors (Lipinski definition) is 2. The lowest BCUT2D eigenvalue weighted by molar-refractivity contribution is -0.133. The number of hydrogen-bond acceptors (Lipinski definition) is 3. The third-order valence-corrected chi connectivity index (χ3v) is 3.24. The number of amides is 2. The number of halogens is 1. The zero-order valence-electron chi connectivity index (χ0n) is 11.4. The molecule has 0 saturated carbocycles. The van der Waals surface area contributed by atoms with E-state index in [0.717, 1.165) is 5.56 Å². The first kappa shape index (κ1) is 16.5. The van der Waals surface area contributed by atoms with Crippen molar-refractivity contribution in [1.29, 1.82) is 0 Å². The Morgan fingerprint density at radius 2 is 2.10 bits per heavy atom. The van der Waals surface area contributed by atoms with Crippen LogP contribution in [0.1, 0.15) is 18.9 Å². The second-order valence-corrected chi connectivity index (χ2v) is 4.88. The van der Waals surface area contributed by atoms with Crippen LogP contribution in [0.2, 0.25) is 0 Å². The maximum atomic E-state index is 12.1. The average molecular weight is 298 g/mol. The number of nitrogens with zero attached hydrogens (tertiary/aromatic N) is 1. The van der Waals surface area contributed by atoms with Crippen molar-refractivity contribution in [3.63, 3.8) is 0 Å². The minimum Gasteiger partial charge on any atom is -0.343 e. The molecule has 1 heterocycles. The minimum absolute atomic E-state index is 0. The van der Waals surface area contributed by atoms with Crippen LogP contribution in [0.3, 0.4) is 0 Å². The molecule has 1 aliphatic heterocycles. The van der Waals surface area contributed by atoms with Crippen LogP contribution in [0.5, 0.6) is 0 Å². The molecular weight excluding hydrogens is 278 g/mol. The smallest absolute Gasteiger partial charge is 0.245 e. The molecule has 0 aliphatic carbocycles. The van der Waals surface area contributed by atoms with Crippen molar-refractivity contribution in [1.82, 2.24) is 10.2 Å². The second-order valence-electron chi connectivity index (χ2n) is 4.88. The van der Waals surface area contributed by atoms with Gasteiger partial charge < -0.3 is 16.0 Å². The van der Waals surface area contributed by atoms with E-state index in [4.69, 9.17) is 5.73 Å². The Kier molecular flexibility index (Phi) is 5.98. The fourth-order valence-electron chi connectivity index (χ4n) is 2.14. The van der Waals surface area contributed by atoms with Crippen molar-refractivity contribution in [2.45, 2.75) is 32.0 Å². The highest BCUT2D eigenvalue weighted by atomic mass is 35.5. The third kappa shape index (κ3) is 3.95. The highest BCUT2D eigenvalue weighted by Gasteiger charge is 2.32. The largest absolute Gasteiger partial charge is 0.343 e. The zero-order chi connectivity index (χ0) is 13.8. The summed E-state index contributed by atoms with van der Waals surface area (Å²) in [7, 11) is 0. The van der Waals surface area contributed by atoms with Gasteiger partial charge in [-0.2, -0.15) is 0 Å². The fourth-order valence-corrected chi connectivity index (χ4v) is 2.14. The Hall–Kier alpha value is -1.59. The summed E-state index contributed by atoms with van der Waals surface area (Å²) in [5, 5.41) is 2.69. The van der Waals surface area contributed by atoms with E-state index in [2.05, 4.69) is 5.32 Å². The molecule has 0 aromatic heterocycles. The molecule has 1 unspecified atom stereocenters. The van der Waals surface area contributed by atoms with Gasteiger partial charge in [0.2, 0.25) is 11.8 Å². The van der Waals surface area contributed by atoms with Crippen molar-refractivity contribution < 1.29 is 9.59 Å². The molecule has 5 nitrogen and oxygen atoms in total. The maximum absolute atomic E-state index is 12.1. The molecule has 0 spiro atoms. The number of carbonyl (C=O) groups excluding carboxylic acids is 2. The first-order valence-corrected chi connectivity index (χ1v) is 6.46. The molecule has 0 bridgehead atoms. The number of nitrogens with one attached hydrogen (secondary N) is 1. The Balaban J connectivity index is 0.00000200. The Morgan fingerprint density at radius 3 is 2.70 bits per heavy atom. The molecule has 2 amide bonds. The standard InChI is InChI=1S/C14H19N3O2.ClH/c1-10(15)13(18)16-12-7-8-17(14(12)19)9-11-5-3-2-4-6-11;/h2-6,10,12H,7-9,15H2,1H3,(H,16,18);1H/t10-,12?;/m1./s1. The van der Waals surface area contributed by atoms with Crippen molar-refractivity contribution in [2.75, 3.05) is 6.54 Å². The third-order valence-electron chi connectivity index (χ3n) is 3.24. The van der Waals surface area contributed by atoms with Crippen molar-refractivity contribution >= 4 is 24.2 Å². The normalized spacial score (nSPS) is 19.4. The van der Waals surface area contributed by atoms with Crippen LogP contribution in [-0.2, 0) is 16.1 Å². The van der Waals surface area contributed by atoms with Crippen molar-refractivity contribution in [3.05, 3.63) is 35.9 Å². The molecule has 2 atom stereocenters. The summed E-state index contributed by atoms with van der Waals surface area (Å²) in [4.78, 5) is 25.4. The minimum atomic E-state index is -0.587. The highest BCUT2D eigenvalue weighted by molar-refractivity contribution is 5.90. The van der Waals surface area contributed by atoms with Crippen molar-refractivity contribution in [3.8, 4) is 0 Å². The number of benzene rings is 1. The van der Waals surface area contributed by atoms with Crippen LogP contribution >= 0.6 is 12.4 Å². The van der Waals surface area contributed by atoms with Gasteiger partial charge >= 0.3 is 0 Å². The molecule has 1 fully saturated rings. The summed E-state index contributed by atoms with van der Waals surface area (Å²) in [6.45, 7) is 2.86. The van der Waals surface area contributed by atoms with Crippen LogP contribution in [0.4, 0.5) is 0 Å². The summed E-state index contributed by atoms with van der Waals surface area (Å²) in [6.07, 6.45) is 0.643. The second kappa shape index (κ2) is 7.26. The van der Waals surface area contributed by atoms with Crippen LogP contribution in [-0.4, -0.2) is 35.3 Å². The first-order chi connectivity index (χ1) is 9.08. The van der Waals surface area contributed by atoms with Gasteiger partial charge in [-0.25, -0.2) is 0 Å². The average Bonchev–Trinajstić information content (AvgIpc) is 2.73. The number of nitrogens with two attached hydrogens (primary N) is 1. The van der Waals surface area contributed by atoms with Gasteiger partial charge in [0, 0.05) is 13.1 Å². The molecule has 1 saturated heterocycles. The maximum Gasteiger partial charge on any atom is 0.245 e. The Bertz CT molecular complexity index is 465. The van der Waals surface area contributed by atoms with Gasteiger partial charge in [-0.1, -0.05) is 30.3 Å². The van der Waals surface area contributed by atoms with E-state index in [1.54, 1.807) is 11.8 Å².